The van der Waals surface area contributed by atoms with Crippen LogP contribution in [0.4, 0.5) is 10.5 Å². The molecular weight excluding hydrogens is 414 g/mol. The number of anilines is 1. The Balaban J connectivity index is 1.31. The van der Waals surface area contributed by atoms with Crippen LogP contribution in [-0.4, -0.2) is 47.9 Å². The monoisotopic (exact) mass is 439 g/mol. The van der Waals surface area contributed by atoms with Crippen LogP contribution in [0.1, 0.15) is 16.7 Å². The number of amides is 2. The van der Waals surface area contributed by atoms with E-state index in [0.29, 0.717) is 32.5 Å². The number of benzene rings is 2. The van der Waals surface area contributed by atoms with Crippen LogP contribution in [-0.2, 0) is 29.4 Å². The Morgan fingerprint density at radius 1 is 1.13 bits per heavy atom. The topological polar surface area (TPSA) is 96.3 Å². The van der Waals surface area contributed by atoms with E-state index >= 15 is 0 Å². The third-order valence-electron chi connectivity index (χ3n) is 5.35. The summed E-state index contributed by atoms with van der Waals surface area (Å²) in [4.78, 5) is 12.4. The van der Waals surface area contributed by atoms with Gasteiger partial charge in [0.05, 0.1) is 11.9 Å². The zero-order chi connectivity index (χ0) is 21.8. The second-order valence-corrected chi connectivity index (χ2v) is 9.52. The predicted octanol–water partition coefficient (Wildman–Crippen LogP) is 2.55. The van der Waals surface area contributed by atoms with Gasteiger partial charge in [0, 0.05) is 37.7 Å². The van der Waals surface area contributed by atoms with Crippen LogP contribution >= 0.6 is 0 Å². The molecule has 3 aromatic rings. The first-order valence-corrected chi connectivity index (χ1v) is 11.9. The summed E-state index contributed by atoms with van der Waals surface area (Å²) in [5.41, 5.74) is 4.75. The van der Waals surface area contributed by atoms with Gasteiger partial charge in [0.15, 0.2) is 0 Å². The molecule has 1 aliphatic heterocycles. The molecule has 0 spiro atoms. The van der Waals surface area contributed by atoms with Gasteiger partial charge in [-0.05, 0) is 53.8 Å². The van der Waals surface area contributed by atoms with E-state index in [2.05, 4.69) is 15.7 Å². The van der Waals surface area contributed by atoms with E-state index in [9.17, 15) is 13.2 Å². The second kappa shape index (κ2) is 8.91. The minimum Gasteiger partial charge on any atom is -0.338 e. The van der Waals surface area contributed by atoms with Crippen LogP contribution in [0.3, 0.4) is 0 Å². The lowest BCUT2D eigenvalue weighted by Gasteiger charge is -2.28. The number of hydrogen-bond acceptors (Lipinski definition) is 4. The van der Waals surface area contributed by atoms with E-state index in [4.69, 9.17) is 0 Å². The zero-order valence-corrected chi connectivity index (χ0v) is 18.1. The molecule has 0 unspecified atom stereocenters. The van der Waals surface area contributed by atoms with Gasteiger partial charge in [-0.25, -0.2) is 17.9 Å². The number of urea groups is 1. The Hall–Kier alpha value is -3.17. The van der Waals surface area contributed by atoms with Crippen LogP contribution in [0, 0.1) is 0 Å². The molecule has 0 saturated heterocycles. The summed E-state index contributed by atoms with van der Waals surface area (Å²) in [6.45, 7) is 1.25. The first-order valence-electron chi connectivity index (χ1n) is 10.1. The van der Waals surface area contributed by atoms with Gasteiger partial charge in [0.2, 0.25) is 10.0 Å². The Morgan fingerprint density at radius 2 is 1.94 bits per heavy atom. The van der Waals surface area contributed by atoms with Crippen molar-refractivity contribution in [2.24, 2.45) is 0 Å². The Labute approximate surface area is 181 Å². The summed E-state index contributed by atoms with van der Waals surface area (Å²) in [6, 6.07) is 15.2. The highest BCUT2D eigenvalue weighted by atomic mass is 32.2. The highest BCUT2D eigenvalue weighted by Crippen LogP contribution is 2.27. The third-order valence-corrected chi connectivity index (χ3v) is 6.60. The van der Waals surface area contributed by atoms with Crippen LogP contribution in [0.25, 0.3) is 5.69 Å². The fourth-order valence-electron chi connectivity index (χ4n) is 3.71. The standard InChI is InChI=1S/C22H25N5O3S/c1-31(29,30)26-15-11-20-18(16-26)4-2-5-21(20)25-22(28)23-13-10-17-6-8-19(9-7-17)27-14-3-12-24-27/h2-9,12,14H,10-11,13,15-16H2,1H3,(H2,23,25,28). The van der Waals surface area contributed by atoms with Gasteiger partial charge in [-0.15, -0.1) is 0 Å². The SMILES string of the molecule is CS(=O)(=O)N1CCc2c(cccc2NC(=O)NCCc2ccc(-n3cccn3)cc2)C1. The maximum absolute atomic E-state index is 12.4. The van der Waals surface area contributed by atoms with E-state index < -0.39 is 10.0 Å². The lowest BCUT2D eigenvalue weighted by molar-refractivity contribution is 0.252. The average Bonchev–Trinajstić information content (AvgIpc) is 3.28. The lowest BCUT2D eigenvalue weighted by Crippen LogP contribution is -2.36. The van der Waals surface area contributed by atoms with Crippen molar-refractivity contribution in [3.05, 3.63) is 77.6 Å². The molecule has 0 bridgehead atoms. The van der Waals surface area contributed by atoms with Gasteiger partial charge in [0.1, 0.15) is 0 Å². The van der Waals surface area contributed by atoms with E-state index in [0.717, 1.165) is 28.1 Å². The maximum Gasteiger partial charge on any atom is 0.319 e. The largest absolute Gasteiger partial charge is 0.338 e. The minimum atomic E-state index is -3.23. The highest BCUT2D eigenvalue weighted by molar-refractivity contribution is 7.88. The molecular formula is C22H25N5O3S. The number of fused-ring (bicyclic) bond motifs is 1. The van der Waals surface area contributed by atoms with Gasteiger partial charge in [-0.2, -0.15) is 9.40 Å². The number of sulfonamides is 1. The second-order valence-electron chi connectivity index (χ2n) is 7.54. The summed E-state index contributed by atoms with van der Waals surface area (Å²) in [5, 5.41) is 10.0. The summed E-state index contributed by atoms with van der Waals surface area (Å²) in [6.07, 6.45) is 6.13. The molecule has 8 nitrogen and oxygen atoms in total. The van der Waals surface area contributed by atoms with Crippen LogP contribution in [0.15, 0.2) is 60.9 Å². The smallest absolute Gasteiger partial charge is 0.319 e. The fourth-order valence-corrected chi connectivity index (χ4v) is 4.50. The van der Waals surface area contributed by atoms with Gasteiger partial charge in [-0.3, -0.25) is 0 Å². The molecule has 2 N–H and O–H groups in total. The molecule has 31 heavy (non-hydrogen) atoms. The Kier molecular flexibility index (Phi) is 6.06. The predicted molar refractivity (Wildman–Crippen MR) is 120 cm³/mol. The molecule has 0 saturated carbocycles. The van der Waals surface area contributed by atoms with Crippen LogP contribution in [0.5, 0.6) is 0 Å². The summed E-state index contributed by atoms with van der Waals surface area (Å²) < 4.78 is 26.9. The van der Waals surface area contributed by atoms with E-state index in [1.165, 1.54) is 10.6 Å². The number of carbonyl (C=O) groups excluding carboxylic acids is 1. The van der Waals surface area contributed by atoms with Crippen molar-refractivity contribution in [1.29, 1.82) is 0 Å². The van der Waals surface area contributed by atoms with Crippen molar-refractivity contribution in [2.75, 3.05) is 24.7 Å². The molecule has 2 amide bonds. The van der Waals surface area contributed by atoms with Crippen molar-refractivity contribution < 1.29 is 13.2 Å². The van der Waals surface area contributed by atoms with E-state index in [1.54, 1.807) is 10.9 Å². The van der Waals surface area contributed by atoms with E-state index in [1.807, 2.05) is 54.7 Å². The minimum absolute atomic E-state index is 0.271. The average molecular weight is 440 g/mol. The number of hydrogen-bond donors (Lipinski definition) is 2. The van der Waals surface area contributed by atoms with Crippen molar-refractivity contribution in [2.45, 2.75) is 19.4 Å². The quantitative estimate of drug-likeness (QED) is 0.617. The highest BCUT2D eigenvalue weighted by Gasteiger charge is 2.24. The number of nitrogens with zero attached hydrogens (tertiary/aromatic N) is 3. The van der Waals surface area contributed by atoms with Crippen LogP contribution in [0.2, 0.25) is 0 Å². The van der Waals surface area contributed by atoms with Gasteiger partial charge >= 0.3 is 6.03 Å². The molecule has 0 radical (unpaired) electrons. The van der Waals surface area contributed by atoms with Gasteiger partial charge in [-0.1, -0.05) is 24.3 Å². The molecule has 0 fully saturated rings. The van der Waals surface area contributed by atoms with Crippen molar-refractivity contribution in [1.82, 2.24) is 19.4 Å². The number of carbonyl (C=O) groups is 1. The summed E-state index contributed by atoms with van der Waals surface area (Å²) in [5.74, 6) is 0. The zero-order valence-electron chi connectivity index (χ0n) is 17.3. The number of rotatable bonds is 6. The molecule has 0 aliphatic carbocycles. The molecule has 2 aromatic carbocycles. The fraction of sp³-hybridized carbons (Fsp3) is 0.273. The first-order chi connectivity index (χ1) is 14.9. The van der Waals surface area contributed by atoms with Crippen molar-refractivity contribution in [3.63, 3.8) is 0 Å². The number of aromatic nitrogens is 2. The molecule has 0 atom stereocenters. The Morgan fingerprint density at radius 3 is 2.65 bits per heavy atom. The molecule has 9 heteroatoms. The molecule has 1 aliphatic rings. The molecule has 1 aromatic heterocycles. The number of nitrogens with one attached hydrogen (secondary N) is 2. The maximum atomic E-state index is 12.4. The third kappa shape index (κ3) is 5.12. The normalized spacial score (nSPS) is 14.1. The van der Waals surface area contributed by atoms with Crippen molar-refractivity contribution in [3.8, 4) is 5.69 Å². The van der Waals surface area contributed by atoms with E-state index in [-0.39, 0.29) is 6.03 Å². The molecule has 162 valence electrons. The summed E-state index contributed by atoms with van der Waals surface area (Å²) in [7, 11) is -3.23. The Bertz CT molecular complexity index is 1160. The van der Waals surface area contributed by atoms with Gasteiger partial charge < -0.3 is 10.6 Å². The van der Waals surface area contributed by atoms with Crippen LogP contribution < -0.4 is 10.6 Å². The summed E-state index contributed by atoms with van der Waals surface area (Å²) >= 11 is 0. The molecule has 2 heterocycles. The van der Waals surface area contributed by atoms with Crippen molar-refractivity contribution >= 4 is 21.7 Å². The first kappa shape index (κ1) is 21.1. The lowest BCUT2D eigenvalue weighted by atomic mass is 9.99. The molecule has 4 rings (SSSR count). The van der Waals surface area contributed by atoms with Gasteiger partial charge in [0.25, 0.3) is 0 Å².